The summed E-state index contributed by atoms with van der Waals surface area (Å²) in [6.07, 6.45) is 2.07. The van der Waals surface area contributed by atoms with Gasteiger partial charge in [0.25, 0.3) is 5.91 Å². The van der Waals surface area contributed by atoms with Crippen molar-refractivity contribution in [3.8, 4) is 11.5 Å². The number of phenols is 1. The third-order valence-corrected chi connectivity index (χ3v) is 3.87. The van der Waals surface area contributed by atoms with Gasteiger partial charge in [-0.25, -0.2) is 4.79 Å². The van der Waals surface area contributed by atoms with E-state index in [0.717, 1.165) is 30.1 Å². The summed E-state index contributed by atoms with van der Waals surface area (Å²) < 4.78 is 9.36. The Kier molecular flexibility index (Phi) is 5.90. The molecule has 1 aliphatic heterocycles. The number of thioether (sulfide) groups is 1. The number of aromatic hydroxyl groups is 1. The summed E-state index contributed by atoms with van der Waals surface area (Å²) in [5, 5.41) is 30.7. The van der Waals surface area contributed by atoms with Crippen LogP contribution in [0.1, 0.15) is 5.56 Å². The number of amides is 1. The highest BCUT2D eigenvalue weighted by atomic mass is 32.2. The number of ether oxygens (including phenoxy) is 2. The molecule has 1 aromatic rings. The topological polar surface area (TPSA) is 153 Å². The van der Waals surface area contributed by atoms with E-state index in [1.54, 1.807) is 0 Å². The van der Waals surface area contributed by atoms with Crippen LogP contribution in [0.15, 0.2) is 33.3 Å². The van der Waals surface area contributed by atoms with Crippen molar-refractivity contribution in [2.75, 3.05) is 14.2 Å². The highest BCUT2D eigenvalue weighted by Gasteiger charge is 2.25. The van der Waals surface area contributed by atoms with Crippen LogP contribution in [0.25, 0.3) is 0 Å². The lowest BCUT2D eigenvalue weighted by molar-refractivity contribution is -0.385. The van der Waals surface area contributed by atoms with Crippen LogP contribution in [0, 0.1) is 10.1 Å². The maximum absolute atomic E-state index is 11.7. The van der Waals surface area contributed by atoms with Crippen molar-refractivity contribution in [1.82, 2.24) is 5.32 Å². The second kappa shape index (κ2) is 8.11. The number of nitro groups is 1. The molecule has 0 aromatic heterocycles. The van der Waals surface area contributed by atoms with Gasteiger partial charge < -0.3 is 14.6 Å². The van der Waals surface area contributed by atoms with Crippen LogP contribution in [0.3, 0.4) is 0 Å². The Labute approximate surface area is 150 Å². The molecule has 0 radical (unpaired) electrons. The minimum absolute atomic E-state index is 0.0000461. The summed E-state index contributed by atoms with van der Waals surface area (Å²) in [6, 6.07) is 2.39. The van der Waals surface area contributed by atoms with Crippen LogP contribution < -0.4 is 10.1 Å². The number of carbonyl (C=O) groups excluding carboxylic acids is 2. The predicted molar refractivity (Wildman–Crippen MR) is 92.2 cm³/mol. The van der Waals surface area contributed by atoms with E-state index in [9.17, 15) is 24.8 Å². The number of rotatable bonds is 5. The molecule has 11 nitrogen and oxygen atoms in total. The van der Waals surface area contributed by atoms with Crippen molar-refractivity contribution in [3.63, 3.8) is 0 Å². The quantitative estimate of drug-likeness (QED) is 0.251. The van der Waals surface area contributed by atoms with Gasteiger partial charge in [0.15, 0.2) is 5.17 Å². The largest absolute Gasteiger partial charge is 0.502 e. The molecular formula is C14H12N4O7S. The molecule has 12 heteroatoms. The molecule has 1 saturated heterocycles. The molecule has 2 rings (SSSR count). The van der Waals surface area contributed by atoms with Crippen molar-refractivity contribution in [2.24, 2.45) is 10.2 Å². The Bertz CT molecular complexity index is 863. The van der Waals surface area contributed by atoms with E-state index in [2.05, 4.69) is 20.3 Å². The molecular weight excluding hydrogens is 368 g/mol. The number of nitro benzene ring substituents is 1. The number of benzene rings is 1. The van der Waals surface area contributed by atoms with Gasteiger partial charge in [0.1, 0.15) is 5.75 Å². The number of phenolic OH excluding ortho intramolecular Hbond substituents is 1. The smallest absolute Gasteiger partial charge is 0.331 e. The third-order valence-electron chi connectivity index (χ3n) is 2.97. The Morgan fingerprint density at radius 3 is 2.77 bits per heavy atom. The summed E-state index contributed by atoms with van der Waals surface area (Å²) in [4.78, 5) is 33.0. The molecule has 0 aliphatic carbocycles. The van der Waals surface area contributed by atoms with Gasteiger partial charge in [-0.05, 0) is 17.8 Å². The minimum atomic E-state index is -0.766. The molecule has 1 aromatic carbocycles. The van der Waals surface area contributed by atoms with Crippen LogP contribution in [-0.2, 0) is 14.3 Å². The lowest BCUT2D eigenvalue weighted by Gasteiger charge is -2.04. The summed E-state index contributed by atoms with van der Waals surface area (Å²) >= 11 is 0.858. The molecule has 0 unspecified atom stereocenters. The molecule has 136 valence electrons. The minimum Gasteiger partial charge on any atom is -0.502 e. The number of carbonyl (C=O) groups is 2. The Morgan fingerprint density at radius 1 is 1.42 bits per heavy atom. The highest BCUT2D eigenvalue weighted by Crippen LogP contribution is 2.33. The fourth-order valence-corrected chi connectivity index (χ4v) is 2.49. The molecule has 0 atom stereocenters. The maximum Gasteiger partial charge on any atom is 0.331 e. The first-order valence-corrected chi connectivity index (χ1v) is 7.62. The summed E-state index contributed by atoms with van der Waals surface area (Å²) in [7, 11) is 2.49. The molecule has 0 spiro atoms. The number of hydrogen-bond donors (Lipinski definition) is 2. The average molecular weight is 380 g/mol. The van der Waals surface area contributed by atoms with E-state index in [1.807, 2.05) is 0 Å². The first-order chi connectivity index (χ1) is 12.3. The van der Waals surface area contributed by atoms with Gasteiger partial charge in [0.2, 0.25) is 5.75 Å². The molecule has 0 bridgehead atoms. The molecule has 2 N–H and O–H groups in total. The van der Waals surface area contributed by atoms with Gasteiger partial charge in [-0.3, -0.25) is 20.2 Å². The fraction of sp³-hybridized carbons (Fsp3) is 0.143. The number of esters is 1. The normalized spacial score (nSPS) is 16.9. The van der Waals surface area contributed by atoms with Crippen LogP contribution in [-0.4, -0.2) is 47.5 Å². The second-order valence-corrected chi connectivity index (χ2v) is 5.61. The number of amidine groups is 1. The van der Waals surface area contributed by atoms with Crippen LogP contribution in [0.2, 0.25) is 0 Å². The number of nitrogens with zero attached hydrogens (tertiary/aromatic N) is 3. The van der Waals surface area contributed by atoms with Crippen molar-refractivity contribution in [1.29, 1.82) is 0 Å². The zero-order valence-electron chi connectivity index (χ0n) is 13.5. The second-order valence-electron chi connectivity index (χ2n) is 4.58. The van der Waals surface area contributed by atoms with Gasteiger partial charge in [-0.1, -0.05) is 0 Å². The van der Waals surface area contributed by atoms with Gasteiger partial charge in [0, 0.05) is 11.6 Å². The monoisotopic (exact) mass is 380 g/mol. The van der Waals surface area contributed by atoms with E-state index in [0.29, 0.717) is 0 Å². The van der Waals surface area contributed by atoms with Crippen LogP contribution >= 0.6 is 11.8 Å². The molecule has 1 aliphatic rings. The molecule has 1 heterocycles. The zero-order valence-corrected chi connectivity index (χ0v) is 14.3. The van der Waals surface area contributed by atoms with E-state index in [4.69, 9.17) is 4.74 Å². The first-order valence-electron chi connectivity index (χ1n) is 6.81. The Hall–Kier alpha value is -3.41. The summed E-state index contributed by atoms with van der Waals surface area (Å²) in [5.74, 6) is -1.69. The van der Waals surface area contributed by atoms with Crippen LogP contribution in [0.5, 0.6) is 11.5 Å². The van der Waals surface area contributed by atoms with Crippen molar-refractivity contribution in [3.05, 3.63) is 38.8 Å². The van der Waals surface area contributed by atoms with Crippen molar-refractivity contribution in [2.45, 2.75) is 0 Å². The third kappa shape index (κ3) is 4.36. The maximum atomic E-state index is 11.7. The summed E-state index contributed by atoms with van der Waals surface area (Å²) in [5.41, 5.74) is -0.551. The van der Waals surface area contributed by atoms with Gasteiger partial charge in [-0.15, -0.1) is 5.10 Å². The molecule has 26 heavy (non-hydrogen) atoms. The van der Waals surface area contributed by atoms with Gasteiger partial charge >= 0.3 is 11.7 Å². The SMILES string of the molecule is COC(=O)/C=C1/S/C(=N\N=Cc2cc(OC)cc([N+](=O)[O-])c2O)NC1=O. The molecule has 1 fully saturated rings. The summed E-state index contributed by atoms with van der Waals surface area (Å²) in [6.45, 7) is 0. The van der Waals surface area contributed by atoms with E-state index in [-0.39, 0.29) is 21.4 Å². The van der Waals surface area contributed by atoms with Crippen LogP contribution in [0.4, 0.5) is 5.69 Å². The molecule has 0 saturated carbocycles. The Balaban J connectivity index is 2.23. The fourth-order valence-electron chi connectivity index (χ4n) is 1.75. The lowest BCUT2D eigenvalue weighted by atomic mass is 10.1. The van der Waals surface area contributed by atoms with E-state index >= 15 is 0 Å². The standard InChI is InChI=1S/C14H12N4O7S/c1-24-8-3-7(12(20)9(4-8)18(22)23)6-15-17-14-16-13(21)10(26-14)5-11(19)25-2/h3-6,20H,1-2H3,(H,16,17,21)/b10-5+,15-6?. The van der Waals surface area contributed by atoms with Gasteiger partial charge in [0.05, 0.1) is 36.3 Å². The predicted octanol–water partition coefficient (Wildman–Crippen LogP) is 0.919. The van der Waals surface area contributed by atoms with Crippen molar-refractivity contribution >= 4 is 40.7 Å². The number of hydrogen-bond acceptors (Lipinski definition) is 10. The zero-order chi connectivity index (χ0) is 19.3. The van der Waals surface area contributed by atoms with Crippen molar-refractivity contribution < 1.29 is 29.1 Å². The van der Waals surface area contributed by atoms with Gasteiger partial charge in [-0.2, -0.15) is 5.10 Å². The van der Waals surface area contributed by atoms with E-state index < -0.39 is 28.2 Å². The first kappa shape index (κ1) is 18.9. The Morgan fingerprint density at radius 2 is 2.15 bits per heavy atom. The number of nitrogens with one attached hydrogen (secondary N) is 1. The number of methoxy groups -OCH3 is 2. The van der Waals surface area contributed by atoms with E-state index in [1.165, 1.54) is 20.3 Å². The lowest BCUT2D eigenvalue weighted by Crippen LogP contribution is -2.19. The average Bonchev–Trinajstić information content (AvgIpc) is 2.95. The highest BCUT2D eigenvalue weighted by molar-refractivity contribution is 8.18. The molecule has 1 amide bonds.